The Hall–Kier alpha value is -2.49. The molecule has 4 heteroatoms. The molecule has 0 spiro atoms. The Bertz CT molecular complexity index is 594. The molecule has 2 N–H and O–H groups in total. The molecule has 0 aromatic heterocycles. The molecular weight excluding hydrogens is 252 g/mol. The molecule has 4 nitrogen and oxygen atoms in total. The molecule has 1 aliphatic heterocycles. The molecule has 0 saturated carbocycles. The fourth-order valence-corrected chi connectivity index (χ4v) is 2.09. The first-order valence-corrected chi connectivity index (χ1v) is 6.56. The lowest BCUT2D eigenvalue weighted by Gasteiger charge is -2.12. The first-order chi connectivity index (χ1) is 9.81. The standard InChI is InChI=1S/C16H16N2O2/c17-16-18-10-15(20-16)11-19-14-8-6-13(7-9-14)12-4-2-1-3-5-12/h1-9,15H,10-11H2,(H2,17,18). The van der Waals surface area contributed by atoms with Gasteiger partial charge in [-0.1, -0.05) is 42.5 Å². The zero-order valence-corrected chi connectivity index (χ0v) is 11.0. The van der Waals surface area contributed by atoms with Crippen LogP contribution in [0.25, 0.3) is 11.1 Å². The minimum Gasteiger partial charge on any atom is -0.490 e. The lowest BCUT2D eigenvalue weighted by Crippen LogP contribution is -2.24. The first kappa shape index (κ1) is 12.5. The topological polar surface area (TPSA) is 56.8 Å². The molecule has 0 bridgehead atoms. The van der Waals surface area contributed by atoms with E-state index in [2.05, 4.69) is 17.1 Å². The maximum Gasteiger partial charge on any atom is 0.282 e. The highest BCUT2D eigenvalue weighted by atomic mass is 16.5. The second-order valence-corrected chi connectivity index (χ2v) is 4.62. The maximum atomic E-state index is 5.68. The van der Waals surface area contributed by atoms with Gasteiger partial charge in [-0.05, 0) is 23.3 Å². The Morgan fingerprint density at radius 2 is 1.75 bits per heavy atom. The van der Waals surface area contributed by atoms with Crippen molar-refractivity contribution in [1.82, 2.24) is 0 Å². The van der Waals surface area contributed by atoms with Gasteiger partial charge in [0.1, 0.15) is 12.4 Å². The summed E-state index contributed by atoms with van der Waals surface area (Å²) in [7, 11) is 0. The number of nitrogens with two attached hydrogens (primary N) is 1. The summed E-state index contributed by atoms with van der Waals surface area (Å²) in [5.74, 6) is 0.818. The van der Waals surface area contributed by atoms with Crippen molar-refractivity contribution in [3.8, 4) is 16.9 Å². The van der Waals surface area contributed by atoms with E-state index in [0.29, 0.717) is 13.2 Å². The lowest BCUT2D eigenvalue weighted by molar-refractivity contribution is 0.141. The molecule has 1 heterocycles. The number of hydrogen-bond acceptors (Lipinski definition) is 4. The van der Waals surface area contributed by atoms with Crippen LogP contribution in [0.15, 0.2) is 59.6 Å². The molecule has 1 atom stereocenters. The Kier molecular flexibility index (Phi) is 3.54. The number of ether oxygens (including phenoxy) is 2. The van der Waals surface area contributed by atoms with E-state index in [4.69, 9.17) is 15.2 Å². The van der Waals surface area contributed by atoms with Crippen molar-refractivity contribution in [2.24, 2.45) is 10.7 Å². The van der Waals surface area contributed by atoms with E-state index in [1.165, 1.54) is 11.1 Å². The van der Waals surface area contributed by atoms with Gasteiger partial charge in [-0.3, -0.25) is 0 Å². The Labute approximate surface area is 117 Å². The molecule has 1 aliphatic rings. The fraction of sp³-hybridized carbons (Fsp3) is 0.188. The second-order valence-electron chi connectivity index (χ2n) is 4.62. The largest absolute Gasteiger partial charge is 0.490 e. The van der Waals surface area contributed by atoms with E-state index in [1.807, 2.05) is 42.5 Å². The van der Waals surface area contributed by atoms with E-state index < -0.39 is 0 Å². The Morgan fingerprint density at radius 1 is 1.05 bits per heavy atom. The summed E-state index contributed by atoms with van der Waals surface area (Å²) < 4.78 is 11.0. The summed E-state index contributed by atoms with van der Waals surface area (Å²) in [6.45, 7) is 1.02. The fourth-order valence-electron chi connectivity index (χ4n) is 2.09. The summed E-state index contributed by atoms with van der Waals surface area (Å²) in [6, 6.07) is 18.5. The third-order valence-corrected chi connectivity index (χ3v) is 3.14. The number of hydrogen-bond donors (Lipinski definition) is 1. The summed E-state index contributed by atoms with van der Waals surface area (Å²) in [5, 5.41) is 0. The monoisotopic (exact) mass is 268 g/mol. The Balaban J connectivity index is 1.59. The van der Waals surface area contributed by atoms with Crippen LogP contribution in [-0.4, -0.2) is 25.3 Å². The average Bonchev–Trinajstić information content (AvgIpc) is 2.92. The summed E-state index contributed by atoms with van der Waals surface area (Å²) in [6.07, 6.45) is -0.0798. The van der Waals surface area contributed by atoms with Gasteiger partial charge in [0.15, 0.2) is 6.10 Å². The van der Waals surface area contributed by atoms with E-state index in [1.54, 1.807) is 0 Å². The highest BCUT2D eigenvalue weighted by molar-refractivity contribution is 5.73. The first-order valence-electron chi connectivity index (χ1n) is 6.56. The van der Waals surface area contributed by atoms with E-state index >= 15 is 0 Å². The third kappa shape index (κ3) is 2.91. The van der Waals surface area contributed by atoms with E-state index in [-0.39, 0.29) is 12.1 Å². The maximum absolute atomic E-state index is 5.68. The molecule has 2 aromatic rings. The minimum absolute atomic E-state index is 0.0798. The highest BCUT2D eigenvalue weighted by Crippen LogP contribution is 2.22. The molecule has 0 aliphatic carbocycles. The highest BCUT2D eigenvalue weighted by Gasteiger charge is 2.18. The third-order valence-electron chi connectivity index (χ3n) is 3.14. The van der Waals surface area contributed by atoms with Gasteiger partial charge in [0.2, 0.25) is 0 Å². The normalized spacial score (nSPS) is 17.4. The second kappa shape index (κ2) is 5.65. The van der Waals surface area contributed by atoms with Crippen LogP contribution in [0.1, 0.15) is 0 Å². The van der Waals surface area contributed by atoms with Crippen LogP contribution >= 0.6 is 0 Å². The number of aliphatic imine (C=N–C) groups is 1. The van der Waals surface area contributed by atoms with Gasteiger partial charge >= 0.3 is 0 Å². The van der Waals surface area contributed by atoms with Crippen LogP contribution in [0, 0.1) is 0 Å². The van der Waals surface area contributed by atoms with Crippen molar-refractivity contribution < 1.29 is 9.47 Å². The van der Waals surface area contributed by atoms with Crippen molar-refractivity contribution in [2.45, 2.75) is 6.10 Å². The summed E-state index contributed by atoms with van der Waals surface area (Å²) >= 11 is 0. The summed E-state index contributed by atoms with van der Waals surface area (Å²) in [5.41, 5.74) is 7.81. The smallest absolute Gasteiger partial charge is 0.282 e. The van der Waals surface area contributed by atoms with Crippen LogP contribution < -0.4 is 10.5 Å². The van der Waals surface area contributed by atoms with Gasteiger partial charge in [-0.25, -0.2) is 4.99 Å². The van der Waals surface area contributed by atoms with Crippen molar-refractivity contribution in [2.75, 3.05) is 13.2 Å². The van der Waals surface area contributed by atoms with Gasteiger partial charge < -0.3 is 15.2 Å². The molecule has 0 saturated heterocycles. The minimum atomic E-state index is -0.0798. The van der Waals surface area contributed by atoms with Gasteiger partial charge in [-0.2, -0.15) is 0 Å². The van der Waals surface area contributed by atoms with Crippen LogP contribution in [0.5, 0.6) is 5.75 Å². The number of amidine groups is 1. The van der Waals surface area contributed by atoms with Gasteiger partial charge in [0.05, 0.1) is 6.54 Å². The van der Waals surface area contributed by atoms with Crippen molar-refractivity contribution in [3.05, 3.63) is 54.6 Å². The molecule has 0 fully saturated rings. The van der Waals surface area contributed by atoms with Crippen LogP contribution in [0.4, 0.5) is 0 Å². The molecule has 0 amide bonds. The number of nitrogens with zero attached hydrogens (tertiary/aromatic N) is 1. The summed E-state index contributed by atoms with van der Waals surface area (Å²) in [4.78, 5) is 3.98. The molecule has 3 rings (SSSR count). The predicted octanol–water partition coefficient (Wildman–Crippen LogP) is 2.45. The Morgan fingerprint density at radius 3 is 2.40 bits per heavy atom. The van der Waals surface area contributed by atoms with Gasteiger partial charge in [-0.15, -0.1) is 0 Å². The lowest BCUT2D eigenvalue weighted by atomic mass is 10.1. The van der Waals surface area contributed by atoms with Crippen molar-refractivity contribution >= 4 is 6.02 Å². The number of benzene rings is 2. The SMILES string of the molecule is NC1=NCC(COc2ccc(-c3ccccc3)cc2)O1. The van der Waals surface area contributed by atoms with Crippen LogP contribution in [0.3, 0.4) is 0 Å². The molecule has 1 unspecified atom stereocenters. The molecule has 0 radical (unpaired) electrons. The van der Waals surface area contributed by atoms with E-state index in [0.717, 1.165) is 5.75 Å². The zero-order chi connectivity index (χ0) is 13.8. The van der Waals surface area contributed by atoms with Crippen molar-refractivity contribution in [1.29, 1.82) is 0 Å². The van der Waals surface area contributed by atoms with Gasteiger partial charge in [0.25, 0.3) is 6.02 Å². The van der Waals surface area contributed by atoms with Crippen molar-refractivity contribution in [3.63, 3.8) is 0 Å². The molecular formula is C16H16N2O2. The predicted molar refractivity (Wildman–Crippen MR) is 78.7 cm³/mol. The van der Waals surface area contributed by atoms with Crippen LogP contribution in [0.2, 0.25) is 0 Å². The average molecular weight is 268 g/mol. The zero-order valence-electron chi connectivity index (χ0n) is 11.0. The molecule has 102 valence electrons. The molecule has 2 aromatic carbocycles. The van der Waals surface area contributed by atoms with Crippen LogP contribution in [-0.2, 0) is 4.74 Å². The quantitative estimate of drug-likeness (QED) is 0.926. The van der Waals surface area contributed by atoms with E-state index in [9.17, 15) is 0 Å². The number of rotatable bonds is 4. The van der Waals surface area contributed by atoms with Gasteiger partial charge in [0, 0.05) is 0 Å². The molecule has 20 heavy (non-hydrogen) atoms.